The molecule has 1 aromatic carbocycles. The maximum absolute atomic E-state index is 10.3. The van der Waals surface area contributed by atoms with Crippen LogP contribution in [0.5, 0.6) is 0 Å². The summed E-state index contributed by atoms with van der Waals surface area (Å²) < 4.78 is 0. The normalized spacial score (nSPS) is 29.2. The van der Waals surface area contributed by atoms with Gasteiger partial charge >= 0.3 is 0 Å². The Morgan fingerprint density at radius 3 is 2.62 bits per heavy atom. The summed E-state index contributed by atoms with van der Waals surface area (Å²) in [4.78, 5) is 2.40. The van der Waals surface area contributed by atoms with E-state index in [2.05, 4.69) is 30.1 Å². The maximum atomic E-state index is 10.3. The molecular formula is C14H19NO. The minimum atomic E-state index is -0.290. The molecule has 0 spiro atoms. The van der Waals surface area contributed by atoms with Crippen molar-refractivity contribution in [2.24, 2.45) is 0 Å². The molecule has 0 saturated heterocycles. The van der Waals surface area contributed by atoms with Gasteiger partial charge in [0.1, 0.15) is 0 Å². The van der Waals surface area contributed by atoms with Gasteiger partial charge in [-0.2, -0.15) is 0 Å². The third kappa shape index (κ3) is 1.48. The standard InChI is InChI=1S/C14H19NO/c1-15(11-6-4-7-11)13-9-10-5-2-3-8-12(10)14(13)16/h2-3,5,8,11,13-14,16H,4,6-7,9H2,1H3. The molecule has 2 heteroatoms. The molecule has 0 heterocycles. The molecule has 2 atom stereocenters. The van der Waals surface area contributed by atoms with Crippen LogP contribution in [0.3, 0.4) is 0 Å². The van der Waals surface area contributed by atoms with Crippen LogP contribution >= 0.6 is 0 Å². The predicted molar refractivity (Wildman–Crippen MR) is 64.3 cm³/mol. The molecule has 16 heavy (non-hydrogen) atoms. The molecule has 1 fully saturated rings. The van der Waals surface area contributed by atoms with Crippen LogP contribution in [0.1, 0.15) is 36.5 Å². The van der Waals surface area contributed by atoms with Crippen molar-refractivity contribution < 1.29 is 5.11 Å². The van der Waals surface area contributed by atoms with Gasteiger partial charge in [-0.1, -0.05) is 30.7 Å². The number of aliphatic hydroxyl groups excluding tert-OH is 1. The van der Waals surface area contributed by atoms with Gasteiger partial charge in [-0.15, -0.1) is 0 Å². The van der Waals surface area contributed by atoms with Gasteiger partial charge in [0.25, 0.3) is 0 Å². The number of benzene rings is 1. The molecule has 2 aliphatic rings. The zero-order valence-electron chi connectivity index (χ0n) is 9.76. The highest BCUT2D eigenvalue weighted by Gasteiger charge is 2.37. The van der Waals surface area contributed by atoms with E-state index in [1.165, 1.54) is 24.8 Å². The van der Waals surface area contributed by atoms with E-state index < -0.39 is 0 Å². The van der Waals surface area contributed by atoms with Gasteiger partial charge in [0.05, 0.1) is 6.10 Å². The Labute approximate surface area is 96.9 Å². The van der Waals surface area contributed by atoms with E-state index in [-0.39, 0.29) is 6.10 Å². The van der Waals surface area contributed by atoms with Crippen LogP contribution in [0.15, 0.2) is 24.3 Å². The van der Waals surface area contributed by atoms with E-state index in [0.29, 0.717) is 12.1 Å². The van der Waals surface area contributed by atoms with Gasteiger partial charge in [-0.25, -0.2) is 0 Å². The summed E-state index contributed by atoms with van der Waals surface area (Å²) in [6.07, 6.45) is 4.67. The lowest BCUT2D eigenvalue weighted by atomic mass is 9.90. The molecular weight excluding hydrogens is 198 g/mol. The van der Waals surface area contributed by atoms with Crippen molar-refractivity contribution in [1.82, 2.24) is 4.90 Å². The van der Waals surface area contributed by atoms with Gasteiger partial charge in [0.15, 0.2) is 0 Å². The van der Waals surface area contributed by atoms with Crippen LogP contribution in [0.4, 0.5) is 0 Å². The molecule has 2 unspecified atom stereocenters. The summed E-state index contributed by atoms with van der Waals surface area (Å²) >= 11 is 0. The number of nitrogens with zero attached hydrogens (tertiary/aromatic N) is 1. The molecule has 2 aliphatic carbocycles. The molecule has 0 aromatic heterocycles. The lowest BCUT2D eigenvalue weighted by molar-refractivity contribution is 0.0283. The first-order chi connectivity index (χ1) is 7.77. The highest BCUT2D eigenvalue weighted by atomic mass is 16.3. The van der Waals surface area contributed by atoms with Crippen molar-refractivity contribution >= 4 is 0 Å². The molecule has 2 nitrogen and oxygen atoms in total. The molecule has 0 radical (unpaired) electrons. The summed E-state index contributed by atoms with van der Waals surface area (Å²) in [7, 11) is 2.17. The van der Waals surface area contributed by atoms with E-state index in [1.54, 1.807) is 0 Å². The first-order valence-electron chi connectivity index (χ1n) is 6.25. The van der Waals surface area contributed by atoms with Gasteiger partial charge in [0, 0.05) is 12.1 Å². The van der Waals surface area contributed by atoms with E-state index in [9.17, 15) is 5.11 Å². The first-order valence-corrected chi connectivity index (χ1v) is 6.25. The zero-order chi connectivity index (χ0) is 11.1. The lowest BCUT2D eigenvalue weighted by Crippen LogP contribution is -2.45. The molecule has 0 bridgehead atoms. The Kier molecular flexibility index (Phi) is 2.49. The number of aliphatic hydroxyl groups is 1. The summed E-state index contributed by atoms with van der Waals surface area (Å²) in [5, 5.41) is 10.3. The third-order valence-corrected chi connectivity index (χ3v) is 4.34. The fourth-order valence-corrected chi connectivity index (χ4v) is 2.98. The average molecular weight is 217 g/mol. The highest BCUT2D eigenvalue weighted by molar-refractivity contribution is 5.35. The zero-order valence-corrected chi connectivity index (χ0v) is 9.76. The number of likely N-dealkylation sites (N-methyl/N-ethyl adjacent to an activating group) is 1. The number of hydrogen-bond acceptors (Lipinski definition) is 2. The van der Waals surface area contributed by atoms with E-state index >= 15 is 0 Å². The molecule has 0 amide bonds. The monoisotopic (exact) mass is 217 g/mol. The Hall–Kier alpha value is -0.860. The number of rotatable bonds is 2. The van der Waals surface area contributed by atoms with Crippen molar-refractivity contribution in [1.29, 1.82) is 0 Å². The van der Waals surface area contributed by atoms with Crippen LogP contribution in [-0.4, -0.2) is 29.1 Å². The van der Waals surface area contributed by atoms with Gasteiger partial charge < -0.3 is 5.11 Å². The Bertz CT molecular complexity index is 386. The van der Waals surface area contributed by atoms with Gasteiger partial charge in [-0.3, -0.25) is 4.90 Å². The highest BCUT2D eigenvalue weighted by Crippen LogP contribution is 2.37. The molecule has 0 aliphatic heterocycles. The molecule has 1 saturated carbocycles. The van der Waals surface area contributed by atoms with E-state index in [0.717, 1.165) is 12.0 Å². The number of fused-ring (bicyclic) bond motifs is 1. The fraction of sp³-hybridized carbons (Fsp3) is 0.571. The minimum absolute atomic E-state index is 0.290. The van der Waals surface area contributed by atoms with Gasteiger partial charge in [-0.05, 0) is 37.4 Å². The van der Waals surface area contributed by atoms with Crippen molar-refractivity contribution in [2.75, 3.05) is 7.05 Å². The van der Waals surface area contributed by atoms with Crippen molar-refractivity contribution in [3.63, 3.8) is 0 Å². The summed E-state index contributed by atoms with van der Waals surface area (Å²) in [6.45, 7) is 0. The van der Waals surface area contributed by atoms with Crippen LogP contribution in [-0.2, 0) is 6.42 Å². The summed E-state index contributed by atoms with van der Waals surface area (Å²) in [5.41, 5.74) is 2.46. The van der Waals surface area contributed by atoms with E-state index in [1.807, 2.05) is 6.07 Å². The number of hydrogen-bond donors (Lipinski definition) is 1. The maximum Gasteiger partial charge on any atom is 0.0951 e. The summed E-state index contributed by atoms with van der Waals surface area (Å²) in [6, 6.07) is 9.30. The largest absolute Gasteiger partial charge is 0.387 e. The Morgan fingerprint density at radius 1 is 1.25 bits per heavy atom. The first kappa shape index (κ1) is 10.3. The van der Waals surface area contributed by atoms with Crippen molar-refractivity contribution in [3.05, 3.63) is 35.4 Å². The second-order valence-corrected chi connectivity index (χ2v) is 5.17. The Morgan fingerprint density at radius 2 is 2.00 bits per heavy atom. The second kappa shape index (κ2) is 3.86. The van der Waals surface area contributed by atoms with Crippen molar-refractivity contribution in [3.8, 4) is 0 Å². The van der Waals surface area contributed by atoms with Crippen LogP contribution in [0, 0.1) is 0 Å². The fourth-order valence-electron chi connectivity index (χ4n) is 2.98. The smallest absolute Gasteiger partial charge is 0.0951 e. The second-order valence-electron chi connectivity index (χ2n) is 5.17. The summed E-state index contributed by atoms with van der Waals surface area (Å²) in [5.74, 6) is 0. The Balaban J connectivity index is 1.80. The average Bonchev–Trinajstić information content (AvgIpc) is 2.54. The molecule has 3 rings (SSSR count). The topological polar surface area (TPSA) is 23.5 Å². The molecule has 1 N–H and O–H groups in total. The molecule has 1 aromatic rings. The third-order valence-electron chi connectivity index (χ3n) is 4.34. The van der Waals surface area contributed by atoms with E-state index in [4.69, 9.17) is 0 Å². The minimum Gasteiger partial charge on any atom is -0.387 e. The van der Waals surface area contributed by atoms with Crippen LogP contribution in [0.25, 0.3) is 0 Å². The molecule has 86 valence electrons. The van der Waals surface area contributed by atoms with Crippen molar-refractivity contribution in [2.45, 2.75) is 43.9 Å². The quantitative estimate of drug-likeness (QED) is 0.820. The lowest BCUT2D eigenvalue weighted by Gasteiger charge is -2.39. The van der Waals surface area contributed by atoms with Crippen LogP contribution < -0.4 is 0 Å². The van der Waals surface area contributed by atoms with Crippen LogP contribution in [0.2, 0.25) is 0 Å². The predicted octanol–water partition coefficient (Wildman–Crippen LogP) is 2.13. The SMILES string of the molecule is CN(C1CCC1)C1Cc2ccccc2C1O. The van der Waals surface area contributed by atoms with Gasteiger partial charge in [0.2, 0.25) is 0 Å².